The number of ether oxygens (including phenoxy) is 3. The van der Waals surface area contributed by atoms with Gasteiger partial charge < -0.3 is 19.5 Å². The Bertz CT molecular complexity index is 1200. The first-order valence-electron chi connectivity index (χ1n) is 10.4. The van der Waals surface area contributed by atoms with Crippen LogP contribution in [0.25, 0.3) is 16.9 Å². The first kappa shape index (κ1) is 21.2. The van der Waals surface area contributed by atoms with E-state index in [1.165, 1.54) is 0 Å². The highest BCUT2D eigenvalue weighted by Crippen LogP contribution is 2.34. The molecule has 1 N–H and O–H groups in total. The Balaban J connectivity index is 1.73. The number of rotatable bonds is 9. The maximum atomic E-state index is 12.0. The van der Waals surface area contributed by atoms with Crippen molar-refractivity contribution >= 4 is 17.4 Å². The van der Waals surface area contributed by atoms with Gasteiger partial charge in [-0.25, -0.2) is 4.98 Å². The third-order valence-corrected chi connectivity index (χ3v) is 4.90. The predicted octanol–water partition coefficient (Wildman–Crippen LogP) is 4.56. The molecule has 0 saturated heterocycles. The van der Waals surface area contributed by atoms with Gasteiger partial charge in [-0.15, -0.1) is 0 Å². The SMILES string of the molecule is CCOC(=O)CNc1c(-c2cccc(OC)c2)nc2c(OCc3ccccc3)cccn12. The molecule has 0 atom stereocenters. The number of aromatic nitrogens is 2. The summed E-state index contributed by atoms with van der Waals surface area (Å²) in [6, 6.07) is 21.4. The van der Waals surface area contributed by atoms with E-state index in [0.29, 0.717) is 36.1 Å². The van der Waals surface area contributed by atoms with Gasteiger partial charge in [0, 0.05) is 11.8 Å². The van der Waals surface area contributed by atoms with Gasteiger partial charge >= 0.3 is 5.97 Å². The number of hydrogen-bond donors (Lipinski definition) is 1. The highest BCUT2D eigenvalue weighted by atomic mass is 16.5. The van der Waals surface area contributed by atoms with Crippen molar-refractivity contribution in [3.63, 3.8) is 0 Å². The number of benzene rings is 2. The molecule has 0 aliphatic carbocycles. The maximum Gasteiger partial charge on any atom is 0.325 e. The summed E-state index contributed by atoms with van der Waals surface area (Å²) in [5, 5.41) is 3.19. The van der Waals surface area contributed by atoms with Gasteiger partial charge in [0.05, 0.1) is 13.7 Å². The van der Waals surface area contributed by atoms with Gasteiger partial charge in [-0.05, 0) is 36.8 Å². The van der Waals surface area contributed by atoms with Crippen molar-refractivity contribution in [2.45, 2.75) is 13.5 Å². The molecule has 0 aliphatic heterocycles. The van der Waals surface area contributed by atoms with Gasteiger partial charge in [-0.1, -0.05) is 42.5 Å². The first-order valence-corrected chi connectivity index (χ1v) is 10.4. The number of pyridine rings is 1. The van der Waals surface area contributed by atoms with Crippen molar-refractivity contribution < 1.29 is 19.0 Å². The molecule has 0 aliphatic rings. The average Bonchev–Trinajstić information content (AvgIpc) is 3.21. The number of fused-ring (bicyclic) bond motifs is 1. The highest BCUT2D eigenvalue weighted by Gasteiger charge is 2.18. The van der Waals surface area contributed by atoms with Crippen LogP contribution < -0.4 is 14.8 Å². The fourth-order valence-electron chi connectivity index (χ4n) is 3.40. The monoisotopic (exact) mass is 431 g/mol. The molecule has 0 spiro atoms. The van der Waals surface area contributed by atoms with Crippen LogP contribution in [0.1, 0.15) is 12.5 Å². The van der Waals surface area contributed by atoms with Crippen LogP contribution in [0.3, 0.4) is 0 Å². The van der Waals surface area contributed by atoms with Gasteiger partial charge in [-0.2, -0.15) is 0 Å². The van der Waals surface area contributed by atoms with Crippen LogP contribution in [0.4, 0.5) is 5.82 Å². The summed E-state index contributed by atoms with van der Waals surface area (Å²) >= 11 is 0. The second kappa shape index (κ2) is 9.87. The van der Waals surface area contributed by atoms with Gasteiger partial charge in [0.15, 0.2) is 11.4 Å². The minimum Gasteiger partial charge on any atom is -0.497 e. The van der Waals surface area contributed by atoms with E-state index in [4.69, 9.17) is 19.2 Å². The Morgan fingerprint density at radius 3 is 2.69 bits per heavy atom. The molecule has 0 unspecified atom stereocenters. The molecule has 0 saturated carbocycles. The summed E-state index contributed by atoms with van der Waals surface area (Å²) in [6.07, 6.45) is 1.88. The molecule has 0 fully saturated rings. The quantitative estimate of drug-likeness (QED) is 0.392. The van der Waals surface area contributed by atoms with Crippen LogP contribution in [0.5, 0.6) is 11.5 Å². The van der Waals surface area contributed by atoms with Crippen molar-refractivity contribution in [2.75, 3.05) is 25.6 Å². The third kappa shape index (κ3) is 4.67. The number of nitrogens with zero attached hydrogens (tertiary/aromatic N) is 2. The molecule has 0 bridgehead atoms. The number of esters is 1. The number of imidazole rings is 1. The highest BCUT2D eigenvalue weighted by molar-refractivity contribution is 5.82. The molecule has 2 aromatic heterocycles. The fraction of sp³-hybridized carbons (Fsp3) is 0.200. The lowest BCUT2D eigenvalue weighted by molar-refractivity contribution is -0.140. The number of carbonyl (C=O) groups excluding carboxylic acids is 1. The van der Waals surface area contributed by atoms with E-state index in [2.05, 4.69) is 5.32 Å². The van der Waals surface area contributed by atoms with E-state index in [1.807, 2.05) is 77.3 Å². The smallest absolute Gasteiger partial charge is 0.325 e. The number of carbonyl (C=O) groups is 1. The third-order valence-electron chi connectivity index (χ3n) is 4.90. The summed E-state index contributed by atoms with van der Waals surface area (Å²) in [6.45, 7) is 2.55. The van der Waals surface area contributed by atoms with E-state index in [-0.39, 0.29) is 12.5 Å². The zero-order valence-electron chi connectivity index (χ0n) is 18.1. The van der Waals surface area contributed by atoms with Gasteiger partial charge in [-0.3, -0.25) is 9.20 Å². The molecule has 32 heavy (non-hydrogen) atoms. The maximum absolute atomic E-state index is 12.0. The molecule has 7 nitrogen and oxygen atoms in total. The Hall–Kier alpha value is -4.00. The van der Waals surface area contributed by atoms with E-state index in [9.17, 15) is 4.79 Å². The van der Waals surface area contributed by atoms with Gasteiger partial charge in [0.1, 0.15) is 30.4 Å². The van der Waals surface area contributed by atoms with Crippen LogP contribution in [0, 0.1) is 0 Å². The van der Waals surface area contributed by atoms with Crippen LogP contribution in [-0.2, 0) is 16.1 Å². The van der Waals surface area contributed by atoms with E-state index in [0.717, 1.165) is 16.9 Å². The lowest BCUT2D eigenvalue weighted by Crippen LogP contribution is -2.17. The summed E-state index contributed by atoms with van der Waals surface area (Å²) in [5.41, 5.74) is 3.25. The molecule has 4 rings (SSSR count). The Kier molecular flexibility index (Phi) is 6.55. The molecule has 2 heterocycles. The first-order chi connectivity index (χ1) is 15.7. The number of methoxy groups -OCH3 is 1. The van der Waals surface area contributed by atoms with Crippen LogP contribution in [-0.4, -0.2) is 35.6 Å². The van der Waals surface area contributed by atoms with E-state index in [1.54, 1.807) is 14.0 Å². The van der Waals surface area contributed by atoms with Gasteiger partial charge in [0.25, 0.3) is 0 Å². The topological polar surface area (TPSA) is 74.1 Å². The molecular formula is C25H25N3O4. The Labute approximate surface area is 186 Å². The van der Waals surface area contributed by atoms with Gasteiger partial charge in [0.2, 0.25) is 0 Å². The van der Waals surface area contributed by atoms with Crippen molar-refractivity contribution in [1.29, 1.82) is 0 Å². The van der Waals surface area contributed by atoms with Crippen molar-refractivity contribution in [1.82, 2.24) is 9.38 Å². The molecular weight excluding hydrogens is 406 g/mol. The molecule has 4 aromatic rings. The Morgan fingerprint density at radius 1 is 1.06 bits per heavy atom. The standard InChI is InChI=1S/C25H25N3O4/c1-3-31-22(29)16-26-25-23(19-11-7-12-20(15-19)30-2)27-24-21(13-8-14-28(24)25)32-17-18-9-5-4-6-10-18/h4-15,26H,3,16-17H2,1-2H3. The van der Waals surface area contributed by atoms with Crippen molar-refractivity contribution in [2.24, 2.45) is 0 Å². The van der Waals surface area contributed by atoms with Crippen LogP contribution in [0.2, 0.25) is 0 Å². The minimum atomic E-state index is -0.337. The fourth-order valence-corrected chi connectivity index (χ4v) is 3.40. The summed E-state index contributed by atoms with van der Waals surface area (Å²) in [4.78, 5) is 16.9. The summed E-state index contributed by atoms with van der Waals surface area (Å²) in [5.74, 6) is 1.70. The second-order valence-corrected chi connectivity index (χ2v) is 7.04. The lowest BCUT2D eigenvalue weighted by atomic mass is 10.1. The second-order valence-electron chi connectivity index (χ2n) is 7.04. The van der Waals surface area contributed by atoms with Crippen LogP contribution in [0.15, 0.2) is 72.9 Å². The van der Waals surface area contributed by atoms with Crippen molar-refractivity contribution in [3.8, 4) is 22.8 Å². The number of hydrogen-bond acceptors (Lipinski definition) is 6. The van der Waals surface area contributed by atoms with E-state index >= 15 is 0 Å². The van der Waals surface area contributed by atoms with Crippen molar-refractivity contribution in [3.05, 3.63) is 78.5 Å². The van der Waals surface area contributed by atoms with E-state index < -0.39 is 0 Å². The lowest BCUT2D eigenvalue weighted by Gasteiger charge is -2.10. The molecule has 2 aromatic carbocycles. The number of nitrogens with one attached hydrogen (secondary N) is 1. The Morgan fingerprint density at radius 2 is 1.91 bits per heavy atom. The largest absolute Gasteiger partial charge is 0.497 e. The zero-order valence-corrected chi connectivity index (χ0v) is 18.1. The molecule has 7 heteroatoms. The molecule has 0 amide bonds. The summed E-state index contributed by atoms with van der Waals surface area (Å²) < 4.78 is 18.4. The normalized spacial score (nSPS) is 10.7. The number of anilines is 1. The molecule has 164 valence electrons. The minimum absolute atomic E-state index is 0.0215. The summed E-state index contributed by atoms with van der Waals surface area (Å²) in [7, 11) is 1.62. The molecule has 0 radical (unpaired) electrons. The predicted molar refractivity (Wildman–Crippen MR) is 123 cm³/mol. The zero-order chi connectivity index (χ0) is 22.3. The van der Waals surface area contributed by atoms with Crippen LogP contribution >= 0.6 is 0 Å². The average molecular weight is 431 g/mol.